The molecule has 9 aromatic rings. The fraction of sp³-hybridized carbons (Fsp3) is 0. The second-order valence-corrected chi connectivity index (χ2v) is 13.3. The third kappa shape index (κ3) is 5.50. The van der Waals surface area contributed by atoms with Gasteiger partial charge in [-0.25, -0.2) is 0 Å². The van der Waals surface area contributed by atoms with Crippen molar-refractivity contribution in [3.8, 4) is 66.8 Å². The lowest BCUT2D eigenvalue weighted by Gasteiger charge is -2.13. The van der Waals surface area contributed by atoms with E-state index < -0.39 is 0 Å². The lowest BCUT2D eigenvalue weighted by molar-refractivity contribution is 1.33. The van der Waals surface area contributed by atoms with Crippen LogP contribution in [-0.4, -0.2) is 9.97 Å². The molecule has 0 aliphatic heterocycles. The maximum atomic E-state index is 4.37. The summed E-state index contributed by atoms with van der Waals surface area (Å²) in [5.41, 5.74) is 14.2. The quantitative estimate of drug-likeness (QED) is 0.180. The number of hydrogen-bond acceptors (Lipinski definition) is 3. The minimum absolute atomic E-state index is 1.11. The molecule has 0 saturated carbocycles. The lowest BCUT2D eigenvalue weighted by Crippen LogP contribution is -1.88. The molecular weight excluding hydrogens is 613 g/mol. The van der Waals surface area contributed by atoms with Crippen LogP contribution in [-0.2, 0) is 0 Å². The van der Waals surface area contributed by atoms with Gasteiger partial charge in [0.1, 0.15) is 0 Å². The molecule has 0 atom stereocenters. The number of nitrogens with zero attached hydrogens (tertiary/aromatic N) is 2. The van der Waals surface area contributed by atoms with E-state index in [-0.39, 0.29) is 0 Å². The summed E-state index contributed by atoms with van der Waals surface area (Å²) >= 11 is 1.89. The van der Waals surface area contributed by atoms with E-state index in [0.717, 1.165) is 22.3 Å². The molecule has 0 fully saturated rings. The van der Waals surface area contributed by atoms with Crippen LogP contribution in [0.1, 0.15) is 0 Å². The average molecular weight is 643 g/mol. The van der Waals surface area contributed by atoms with Gasteiger partial charge in [-0.3, -0.25) is 9.97 Å². The van der Waals surface area contributed by atoms with E-state index >= 15 is 0 Å². The largest absolute Gasteiger partial charge is 0.264 e. The summed E-state index contributed by atoms with van der Waals surface area (Å²) in [5, 5.41) is 2.59. The molecule has 0 amide bonds. The summed E-state index contributed by atoms with van der Waals surface area (Å²) in [4.78, 5) is 8.69. The Labute approximate surface area is 289 Å². The molecule has 0 aliphatic carbocycles. The van der Waals surface area contributed by atoms with Gasteiger partial charge in [0.2, 0.25) is 0 Å². The second kappa shape index (κ2) is 12.5. The van der Waals surface area contributed by atoms with Crippen molar-refractivity contribution < 1.29 is 0 Å². The normalized spacial score (nSPS) is 11.3. The SMILES string of the molecule is c1ccc(-c2cccc3c2sc2c(-c4cc(-c5ccc(-c6cccnc6)cc5)cc(-c5cccc(-c6cccnc6)c5)c4)cccc23)cc1. The van der Waals surface area contributed by atoms with Crippen molar-refractivity contribution in [3.05, 3.63) is 183 Å². The first-order chi connectivity index (χ1) is 24.3. The number of benzene rings is 6. The van der Waals surface area contributed by atoms with Crippen molar-refractivity contribution in [1.82, 2.24) is 9.97 Å². The van der Waals surface area contributed by atoms with Crippen molar-refractivity contribution in [2.45, 2.75) is 0 Å². The van der Waals surface area contributed by atoms with Gasteiger partial charge in [0, 0.05) is 50.5 Å². The fourth-order valence-corrected chi connectivity index (χ4v) is 8.18. The Morgan fingerprint density at radius 2 is 0.755 bits per heavy atom. The molecule has 0 aliphatic rings. The van der Waals surface area contributed by atoms with Gasteiger partial charge in [0.15, 0.2) is 0 Å². The zero-order valence-electron chi connectivity index (χ0n) is 26.6. The van der Waals surface area contributed by atoms with E-state index in [2.05, 4.69) is 156 Å². The molecule has 3 heteroatoms. The highest BCUT2D eigenvalue weighted by Crippen LogP contribution is 2.45. The van der Waals surface area contributed by atoms with Crippen molar-refractivity contribution in [3.63, 3.8) is 0 Å². The molecule has 0 N–H and O–H groups in total. The van der Waals surface area contributed by atoms with Crippen LogP contribution >= 0.6 is 11.3 Å². The Morgan fingerprint density at radius 3 is 1.37 bits per heavy atom. The van der Waals surface area contributed by atoms with Crippen LogP contribution in [0.5, 0.6) is 0 Å². The molecule has 230 valence electrons. The van der Waals surface area contributed by atoms with E-state index in [9.17, 15) is 0 Å². The summed E-state index contributed by atoms with van der Waals surface area (Å²) < 4.78 is 2.63. The number of thiophene rings is 1. The first-order valence-corrected chi connectivity index (χ1v) is 17.3. The first kappa shape index (κ1) is 29.0. The molecule has 0 radical (unpaired) electrons. The summed E-state index contributed by atoms with van der Waals surface area (Å²) in [6.07, 6.45) is 7.47. The third-order valence-electron chi connectivity index (χ3n) is 9.26. The van der Waals surface area contributed by atoms with Crippen LogP contribution in [0.4, 0.5) is 0 Å². The van der Waals surface area contributed by atoms with Gasteiger partial charge in [-0.15, -0.1) is 11.3 Å². The maximum absolute atomic E-state index is 4.37. The van der Waals surface area contributed by atoms with Gasteiger partial charge >= 0.3 is 0 Å². The third-order valence-corrected chi connectivity index (χ3v) is 10.5. The maximum Gasteiger partial charge on any atom is 0.0434 e. The highest BCUT2D eigenvalue weighted by molar-refractivity contribution is 7.26. The number of pyridine rings is 2. The van der Waals surface area contributed by atoms with Crippen LogP contribution in [0.3, 0.4) is 0 Å². The minimum atomic E-state index is 1.11. The van der Waals surface area contributed by atoms with Crippen LogP contribution in [0.15, 0.2) is 183 Å². The molecular formula is C46H30N2S. The van der Waals surface area contributed by atoms with Crippen molar-refractivity contribution in [2.24, 2.45) is 0 Å². The fourth-order valence-electron chi connectivity index (χ4n) is 6.81. The van der Waals surface area contributed by atoms with Crippen LogP contribution in [0.25, 0.3) is 86.9 Å². The van der Waals surface area contributed by atoms with Crippen LogP contribution in [0, 0.1) is 0 Å². The Bertz CT molecular complexity index is 2570. The minimum Gasteiger partial charge on any atom is -0.264 e. The van der Waals surface area contributed by atoms with Gasteiger partial charge in [0.05, 0.1) is 0 Å². The molecule has 0 bridgehead atoms. The molecule has 49 heavy (non-hydrogen) atoms. The number of rotatable bonds is 6. The molecule has 9 rings (SSSR count). The molecule has 2 nitrogen and oxygen atoms in total. The molecule has 0 unspecified atom stereocenters. The predicted molar refractivity (Wildman–Crippen MR) is 208 cm³/mol. The molecule has 0 saturated heterocycles. The summed E-state index contributed by atoms with van der Waals surface area (Å²) in [6.45, 7) is 0. The Balaban J connectivity index is 1.23. The summed E-state index contributed by atoms with van der Waals surface area (Å²) in [6, 6.07) is 57.0. The molecule has 6 aromatic carbocycles. The van der Waals surface area contributed by atoms with Crippen molar-refractivity contribution in [1.29, 1.82) is 0 Å². The van der Waals surface area contributed by atoms with Crippen molar-refractivity contribution >= 4 is 31.5 Å². The van der Waals surface area contributed by atoms with Gasteiger partial charge in [0.25, 0.3) is 0 Å². The zero-order valence-corrected chi connectivity index (χ0v) is 27.4. The predicted octanol–water partition coefficient (Wildman–Crippen LogP) is 12.8. The van der Waals surface area contributed by atoms with E-state index in [0.29, 0.717) is 0 Å². The van der Waals surface area contributed by atoms with Gasteiger partial charge in [-0.1, -0.05) is 121 Å². The number of hydrogen-bond donors (Lipinski definition) is 0. The van der Waals surface area contributed by atoms with Gasteiger partial charge in [-0.05, 0) is 97.6 Å². The van der Waals surface area contributed by atoms with Crippen molar-refractivity contribution in [2.75, 3.05) is 0 Å². The van der Waals surface area contributed by atoms with E-state index in [1.54, 1.807) is 0 Å². The smallest absolute Gasteiger partial charge is 0.0434 e. The van der Waals surface area contributed by atoms with Crippen LogP contribution in [0.2, 0.25) is 0 Å². The van der Waals surface area contributed by atoms with Crippen LogP contribution < -0.4 is 0 Å². The molecule has 0 spiro atoms. The number of aromatic nitrogens is 2. The highest BCUT2D eigenvalue weighted by Gasteiger charge is 2.16. The Hall–Kier alpha value is -6.16. The monoisotopic (exact) mass is 642 g/mol. The summed E-state index contributed by atoms with van der Waals surface area (Å²) in [7, 11) is 0. The lowest BCUT2D eigenvalue weighted by atomic mass is 9.91. The standard InChI is InChI=1S/C46H30N2S/c1-2-9-33(10-3-1)41-15-5-17-43-44-18-6-16-42(46(44)49-45(41)43)40-27-38(32-21-19-31(20-22-32)36-13-7-23-47-29-36)26-39(28-40)35-12-4-11-34(25-35)37-14-8-24-48-30-37/h1-30H. The molecule has 3 aromatic heterocycles. The zero-order chi connectivity index (χ0) is 32.6. The highest BCUT2D eigenvalue weighted by atomic mass is 32.1. The molecule has 3 heterocycles. The van der Waals surface area contributed by atoms with Gasteiger partial charge in [-0.2, -0.15) is 0 Å². The Kier molecular flexibility index (Phi) is 7.38. The topological polar surface area (TPSA) is 25.8 Å². The second-order valence-electron chi connectivity index (χ2n) is 12.3. The average Bonchev–Trinajstić information content (AvgIpc) is 3.58. The van der Waals surface area contributed by atoms with Gasteiger partial charge < -0.3 is 0 Å². The van der Waals surface area contributed by atoms with E-state index in [1.807, 2.05) is 48.3 Å². The summed E-state index contributed by atoms with van der Waals surface area (Å²) in [5.74, 6) is 0. The Morgan fingerprint density at radius 1 is 0.306 bits per heavy atom. The first-order valence-electron chi connectivity index (χ1n) is 16.5. The van der Waals surface area contributed by atoms with E-state index in [4.69, 9.17) is 0 Å². The van der Waals surface area contributed by atoms with E-state index in [1.165, 1.54) is 64.7 Å². The number of fused-ring (bicyclic) bond motifs is 3.